The second-order valence-electron chi connectivity index (χ2n) is 7.80. The highest BCUT2D eigenvalue weighted by atomic mass is 15.4. The number of nitrogens with zero attached hydrogens (tertiary/aromatic N) is 7. The summed E-state index contributed by atoms with van der Waals surface area (Å²) < 4.78 is 4.02. The fourth-order valence-electron chi connectivity index (χ4n) is 4.08. The summed E-state index contributed by atoms with van der Waals surface area (Å²) in [5, 5.41) is 9.29. The fraction of sp³-hybridized carbons (Fsp3) is 0.364. The van der Waals surface area contributed by atoms with Crippen LogP contribution in [0.25, 0.3) is 5.65 Å². The Bertz CT molecular complexity index is 1120. The van der Waals surface area contributed by atoms with Crippen molar-refractivity contribution in [1.82, 2.24) is 34.3 Å². The maximum Gasteiger partial charge on any atom is 0.159 e. The van der Waals surface area contributed by atoms with Crippen molar-refractivity contribution in [3.05, 3.63) is 76.8 Å². The standard InChI is InChI=1S/C22H25N7/c1-16-12-17(2)29-22(24-16)19(14-23-29)15-27-9-8-21-25-20(26-28(21)11-10-27)13-18-6-4-3-5-7-18/h3-7,12,14H,8-11,13,15H2,1-2H3. The van der Waals surface area contributed by atoms with E-state index in [4.69, 9.17) is 15.1 Å². The van der Waals surface area contributed by atoms with Crippen molar-refractivity contribution in [3.8, 4) is 0 Å². The number of aromatic nitrogens is 6. The smallest absolute Gasteiger partial charge is 0.159 e. The molecule has 0 saturated carbocycles. The van der Waals surface area contributed by atoms with Crippen LogP contribution >= 0.6 is 0 Å². The average molecular weight is 387 g/mol. The Morgan fingerprint density at radius 1 is 1.00 bits per heavy atom. The van der Waals surface area contributed by atoms with Gasteiger partial charge in [-0.25, -0.2) is 19.2 Å². The van der Waals surface area contributed by atoms with Crippen molar-refractivity contribution in [1.29, 1.82) is 0 Å². The summed E-state index contributed by atoms with van der Waals surface area (Å²) >= 11 is 0. The molecule has 0 atom stereocenters. The van der Waals surface area contributed by atoms with Gasteiger partial charge in [-0.2, -0.15) is 10.2 Å². The molecule has 0 unspecified atom stereocenters. The molecule has 0 radical (unpaired) electrons. The summed E-state index contributed by atoms with van der Waals surface area (Å²) in [6.07, 6.45) is 3.65. The Morgan fingerprint density at radius 3 is 2.72 bits per heavy atom. The molecule has 29 heavy (non-hydrogen) atoms. The Hall–Kier alpha value is -3.06. The molecular formula is C22H25N7. The van der Waals surface area contributed by atoms with Gasteiger partial charge >= 0.3 is 0 Å². The van der Waals surface area contributed by atoms with E-state index in [2.05, 4.69) is 51.9 Å². The molecule has 3 aromatic heterocycles. The molecule has 1 aliphatic rings. The molecule has 1 aliphatic heterocycles. The van der Waals surface area contributed by atoms with Gasteiger partial charge in [0.15, 0.2) is 11.5 Å². The molecule has 0 saturated heterocycles. The van der Waals surface area contributed by atoms with Crippen molar-refractivity contribution in [2.24, 2.45) is 0 Å². The van der Waals surface area contributed by atoms with Crippen LogP contribution in [0.3, 0.4) is 0 Å². The Morgan fingerprint density at radius 2 is 1.86 bits per heavy atom. The SMILES string of the molecule is Cc1cc(C)n2ncc(CN3CCc4nc(Cc5ccccc5)nn4CC3)c2n1. The summed E-state index contributed by atoms with van der Waals surface area (Å²) in [5.74, 6) is 2.00. The van der Waals surface area contributed by atoms with Crippen molar-refractivity contribution < 1.29 is 0 Å². The predicted molar refractivity (Wildman–Crippen MR) is 111 cm³/mol. The van der Waals surface area contributed by atoms with E-state index in [1.54, 1.807) is 0 Å². The monoisotopic (exact) mass is 387 g/mol. The van der Waals surface area contributed by atoms with E-state index in [0.29, 0.717) is 0 Å². The molecule has 0 spiro atoms. The molecule has 0 amide bonds. The topological polar surface area (TPSA) is 64.1 Å². The first-order valence-corrected chi connectivity index (χ1v) is 10.2. The zero-order valence-electron chi connectivity index (χ0n) is 16.9. The molecule has 1 aromatic carbocycles. The van der Waals surface area contributed by atoms with E-state index >= 15 is 0 Å². The third kappa shape index (κ3) is 3.65. The van der Waals surface area contributed by atoms with E-state index in [1.807, 2.05) is 23.7 Å². The maximum atomic E-state index is 4.81. The van der Waals surface area contributed by atoms with Crippen molar-refractivity contribution >= 4 is 5.65 Å². The van der Waals surface area contributed by atoms with E-state index in [-0.39, 0.29) is 0 Å². The first kappa shape index (κ1) is 18.0. The molecule has 0 aliphatic carbocycles. The quantitative estimate of drug-likeness (QED) is 0.539. The summed E-state index contributed by atoms with van der Waals surface area (Å²) in [6.45, 7) is 7.73. The number of rotatable bonds is 4. The highest BCUT2D eigenvalue weighted by molar-refractivity contribution is 5.47. The summed E-state index contributed by atoms with van der Waals surface area (Å²) in [7, 11) is 0. The van der Waals surface area contributed by atoms with Crippen LogP contribution < -0.4 is 0 Å². The van der Waals surface area contributed by atoms with Crippen LogP contribution in [0, 0.1) is 13.8 Å². The molecule has 0 bridgehead atoms. The van der Waals surface area contributed by atoms with Crippen LogP contribution in [0.1, 0.15) is 34.2 Å². The molecule has 7 nitrogen and oxygen atoms in total. The van der Waals surface area contributed by atoms with Crippen molar-refractivity contribution in [2.45, 2.75) is 39.8 Å². The molecule has 0 fully saturated rings. The number of benzene rings is 1. The minimum Gasteiger partial charge on any atom is -0.297 e. The number of fused-ring (bicyclic) bond motifs is 2. The van der Waals surface area contributed by atoms with Crippen molar-refractivity contribution in [3.63, 3.8) is 0 Å². The molecule has 7 heteroatoms. The second-order valence-corrected chi connectivity index (χ2v) is 7.80. The minimum atomic E-state index is 0.789. The van der Waals surface area contributed by atoms with E-state index in [9.17, 15) is 0 Å². The molecule has 148 valence electrons. The highest BCUT2D eigenvalue weighted by Crippen LogP contribution is 2.16. The number of hydrogen-bond donors (Lipinski definition) is 0. The Kier molecular flexibility index (Phi) is 4.60. The number of hydrogen-bond acceptors (Lipinski definition) is 5. The summed E-state index contributed by atoms with van der Waals surface area (Å²) in [5.41, 5.74) is 5.54. The van der Waals surface area contributed by atoms with Gasteiger partial charge in [0.2, 0.25) is 0 Å². The third-order valence-corrected chi connectivity index (χ3v) is 5.52. The lowest BCUT2D eigenvalue weighted by molar-refractivity contribution is 0.269. The lowest BCUT2D eigenvalue weighted by Crippen LogP contribution is -2.26. The predicted octanol–water partition coefficient (Wildman–Crippen LogP) is 2.59. The van der Waals surface area contributed by atoms with Crippen LogP contribution in [0.15, 0.2) is 42.6 Å². The molecule has 4 aromatic rings. The zero-order valence-corrected chi connectivity index (χ0v) is 16.9. The largest absolute Gasteiger partial charge is 0.297 e. The van der Waals surface area contributed by atoms with E-state index in [0.717, 1.165) is 67.7 Å². The lowest BCUT2D eigenvalue weighted by atomic mass is 10.1. The van der Waals surface area contributed by atoms with Gasteiger partial charge in [0, 0.05) is 49.4 Å². The van der Waals surface area contributed by atoms with Gasteiger partial charge in [0.25, 0.3) is 0 Å². The van der Waals surface area contributed by atoms with Gasteiger partial charge in [0.05, 0.1) is 12.7 Å². The first-order valence-electron chi connectivity index (χ1n) is 10.2. The van der Waals surface area contributed by atoms with Gasteiger partial charge in [-0.05, 0) is 25.5 Å². The first-order chi connectivity index (χ1) is 14.2. The normalized spacial score (nSPS) is 14.8. The average Bonchev–Trinajstić information content (AvgIpc) is 3.23. The Balaban J connectivity index is 1.29. The molecular weight excluding hydrogens is 362 g/mol. The number of aryl methyl sites for hydroxylation is 2. The zero-order chi connectivity index (χ0) is 19.8. The summed E-state index contributed by atoms with van der Waals surface area (Å²) in [4.78, 5) is 12.0. The maximum absolute atomic E-state index is 4.81. The van der Waals surface area contributed by atoms with E-state index < -0.39 is 0 Å². The third-order valence-electron chi connectivity index (χ3n) is 5.52. The molecule has 4 heterocycles. The summed E-state index contributed by atoms with van der Waals surface area (Å²) in [6, 6.07) is 12.5. The second kappa shape index (κ2) is 7.40. The van der Waals surface area contributed by atoms with Crippen LogP contribution in [0.4, 0.5) is 0 Å². The van der Waals surface area contributed by atoms with Crippen LogP contribution in [-0.2, 0) is 25.9 Å². The molecule has 0 N–H and O–H groups in total. The van der Waals surface area contributed by atoms with Crippen LogP contribution in [0.2, 0.25) is 0 Å². The van der Waals surface area contributed by atoms with Gasteiger partial charge < -0.3 is 0 Å². The van der Waals surface area contributed by atoms with Gasteiger partial charge in [0.1, 0.15) is 5.82 Å². The van der Waals surface area contributed by atoms with Gasteiger partial charge in [-0.3, -0.25) is 4.90 Å². The highest BCUT2D eigenvalue weighted by Gasteiger charge is 2.19. The lowest BCUT2D eigenvalue weighted by Gasteiger charge is -2.18. The van der Waals surface area contributed by atoms with Crippen molar-refractivity contribution in [2.75, 3.05) is 13.1 Å². The van der Waals surface area contributed by atoms with Gasteiger partial charge in [-0.1, -0.05) is 30.3 Å². The van der Waals surface area contributed by atoms with Crippen LogP contribution in [0.5, 0.6) is 0 Å². The van der Waals surface area contributed by atoms with Gasteiger partial charge in [-0.15, -0.1) is 0 Å². The van der Waals surface area contributed by atoms with E-state index in [1.165, 1.54) is 11.1 Å². The minimum absolute atomic E-state index is 0.789. The fourth-order valence-corrected chi connectivity index (χ4v) is 4.08. The molecule has 5 rings (SSSR count). The Labute approximate surface area is 170 Å². The van der Waals surface area contributed by atoms with Crippen LogP contribution in [-0.4, -0.2) is 47.4 Å².